The van der Waals surface area contributed by atoms with Crippen molar-refractivity contribution in [3.63, 3.8) is 0 Å². The third kappa shape index (κ3) is 4.50. The minimum absolute atomic E-state index is 0.00484. The van der Waals surface area contributed by atoms with Crippen LogP contribution in [0.3, 0.4) is 0 Å². The van der Waals surface area contributed by atoms with Gasteiger partial charge >= 0.3 is 0 Å². The highest BCUT2D eigenvalue weighted by Gasteiger charge is 2.58. The summed E-state index contributed by atoms with van der Waals surface area (Å²) in [5.74, 6) is -2.35. The average Bonchev–Trinajstić information content (AvgIpc) is 3.47. The molecule has 0 saturated carbocycles. The maximum Gasteiger partial charge on any atom is 0.235 e. The van der Waals surface area contributed by atoms with E-state index in [2.05, 4.69) is 41.0 Å². The minimum Gasteiger partial charge on any atom is -0.543 e. The van der Waals surface area contributed by atoms with Crippen molar-refractivity contribution in [3.8, 4) is 0 Å². The van der Waals surface area contributed by atoms with Gasteiger partial charge in [0.1, 0.15) is 39.3 Å². The zero-order chi connectivity index (χ0) is 30.1. The van der Waals surface area contributed by atoms with Crippen LogP contribution in [0.15, 0.2) is 41.6 Å². The number of carbonyl (C=O) groups excluding carboxylic acids is 2. The van der Waals surface area contributed by atoms with Crippen LogP contribution in [0.5, 0.6) is 0 Å². The molecule has 1 amide bonds. The lowest BCUT2D eigenvalue weighted by Gasteiger charge is -2.55. The van der Waals surface area contributed by atoms with Gasteiger partial charge in [-0.25, -0.2) is 0 Å². The molecule has 6 heterocycles. The number of benzene rings is 2. The number of hydrogen-bond donors (Lipinski definition) is 2. The molecule has 6 aliphatic heterocycles. The number of rotatable bonds is 11. The molecule has 3 unspecified atom stereocenters. The lowest BCUT2D eigenvalue weighted by atomic mass is 9.77. The number of aliphatic carboxylic acids is 1. The SMILES string of the molecule is CC(O)C1C(=O)N2C(C(=O)[O-])=C(CN3Cc4ccc(CC[N+]56CC[N+](CCCC[NH3+])(CC5)CC6)c5cccc3c45)[C@H](C)C12. The molecular formula is C34H47N5O4+2. The lowest BCUT2D eigenvalue weighted by Crippen LogP contribution is -2.75. The Balaban J connectivity index is 1.09. The van der Waals surface area contributed by atoms with Crippen LogP contribution in [0.25, 0.3) is 10.8 Å². The molecule has 8 rings (SSSR count). The van der Waals surface area contributed by atoms with Crippen molar-refractivity contribution in [2.24, 2.45) is 11.8 Å². The van der Waals surface area contributed by atoms with Crippen molar-refractivity contribution in [1.82, 2.24) is 4.90 Å². The van der Waals surface area contributed by atoms with Gasteiger partial charge in [0.2, 0.25) is 5.91 Å². The Morgan fingerprint density at radius 1 is 1.07 bits per heavy atom. The number of aliphatic hydroxyl groups is 1. The molecule has 0 radical (unpaired) electrons. The van der Waals surface area contributed by atoms with Gasteiger partial charge in [0.15, 0.2) is 0 Å². The Hall–Kier alpha value is -2.98. The number of carbonyl (C=O) groups is 2. The first kappa shape index (κ1) is 28.8. The van der Waals surface area contributed by atoms with E-state index >= 15 is 0 Å². The summed E-state index contributed by atoms with van der Waals surface area (Å²) in [5, 5.41) is 25.1. The molecule has 43 heavy (non-hydrogen) atoms. The maximum absolute atomic E-state index is 12.8. The monoisotopic (exact) mass is 589 g/mol. The van der Waals surface area contributed by atoms with Crippen LogP contribution in [0, 0.1) is 11.8 Å². The van der Waals surface area contributed by atoms with E-state index in [0.717, 1.165) is 24.2 Å². The molecule has 2 aromatic rings. The number of fused-ring (bicyclic) bond motifs is 4. The fourth-order valence-corrected chi connectivity index (χ4v) is 9.21. The predicted molar refractivity (Wildman–Crippen MR) is 162 cm³/mol. The van der Waals surface area contributed by atoms with Gasteiger partial charge in [-0.3, -0.25) is 4.79 Å². The molecule has 6 aliphatic rings. The molecule has 9 nitrogen and oxygen atoms in total. The third-order valence-corrected chi connectivity index (χ3v) is 11.9. The number of quaternary nitrogens is 3. The molecule has 230 valence electrons. The van der Waals surface area contributed by atoms with E-state index in [4.69, 9.17) is 0 Å². The van der Waals surface area contributed by atoms with Crippen LogP contribution in [0.4, 0.5) is 5.69 Å². The van der Waals surface area contributed by atoms with Crippen molar-refractivity contribution >= 4 is 28.3 Å². The highest BCUT2D eigenvalue weighted by Crippen LogP contribution is 2.48. The molecule has 0 aromatic heterocycles. The number of nitrogens with zero attached hydrogens (tertiary/aromatic N) is 4. The number of carboxylic acid groups (broad SMARTS) is 1. The summed E-state index contributed by atoms with van der Waals surface area (Å²) < 4.78 is 2.59. The van der Waals surface area contributed by atoms with E-state index in [9.17, 15) is 19.8 Å². The van der Waals surface area contributed by atoms with E-state index in [-0.39, 0.29) is 23.6 Å². The molecule has 4 fully saturated rings. The number of unbranched alkanes of at least 4 members (excludes halogenated alkanes) is 1. The molecule has 0 spiro atoms. The number of amides is 1. The molecule has 4 atom stereocenters. The fraction of sp³-hybridized carbons (Fsp3) is 0.588. The van der Waals surface area contributed by atoms with Crippen LogP contribution in [0.2, 0.25) is 0 Å². The predicted octanol–water partition coefficient (Wildman–Crippen LogP) is 0.247. The third-order valence-electron chi connectivity index (χ3n) is 11.9. The number of piperazine rings is 3. The number of β-lactam (4-membered cyclic amide) rings is 1. The second-order valence-electron chi connectivity index (χ2n) is 14.1. The van der Waals surface area contributed by atoms with Gasteiger partial charge in [0.05, 0.1) is 49.4 Å². The summed E-state index contributed by atoms with van der Waals surface area (Å²) >= 11 is 0. The molecular weight excluding hydrogens is 542 g/mol. The first-order valence-electron chi connectivity index (χ1n) is 16.4. The van der Waals surface area contributed by atoms with Gasteiger partial charge in [-0.1, -0.05) is 31.2 Å². The summed E-state index contributed by atoms with van der Waals surface area (Å²) in [6, 6.07) is 10.8. The van der Waals surface area contributed by atoms with Crippen molar-refractivity contribution in [2.75, 3.05) is 70.3 Å². The number of aliphatic hydroxyl groups excluding tert-OH is 1. The van der Waals surface area contributed by atoms with Crippen molar-refractivity contribution in [1.29, 1.82) is 0 Å². The van der Waals surface area contributed by atoms with Crippen molar-refractivity contribution in [2.45, 2.75) is 51.8 Å². The second-order valence-corrected chi connectivity index (χ2v) is 14.1. The topological polar surface area (TPSA) is 112 Å². The highest BCUT2D eigenvalue weighted by molar-refractivity contribution is 6.02. The molecule has 4 N–H and O–H groups in total. The number of carboxylic acids is 1. The quantitative estimate of drug-likeness (QED) is 0.222. The van der Waals surface area contributed by atoms with Gasteiger partial charge in [0.25, 0.3) is 0 Å². The minimum atomic E-state index is -1.31. The van der Waals surface area contributed by atoms with Crippen LogP contribution >= 0.6 is 0 Å². The Kier molecular flexibility index (Phi) is 7.08. The second kappa shape index (κ2) is 10.6. The number of hydrogen-bond acceptors (Lipinski definition) is 5. The summed E-state index contributed by atoms with van der Waals surface area (Å²) in [4.78, 5) is 28.7. The summed E-state index contributed by atoms with van der Waals surface area (Å²) in [5.41, 5.74) is 8.55. The summed E-state index contributed by atoms with van der Waals surface area (Å²) in [6.07, 6.45) is 2.81. The average molecular weight is 590 g/mol. The van der Waals surface area contributed by atoms with Crippen LogP contribution in [-0.2, 0) is 22.6 Å². The van der Waals surface area contributed by atoms with E-state index in [0.29, 0.717) is 13.1 Å². The van der Waals surface area contributed by atoms with Crippen molar-refractivity contribution < 1.29 is 34.5 Å². The largest absolute Gasteiger partial charge is 0.543 e. The Morgan fingerprint density at radius 3 is 2.42 bits per heavy atom. The Bertz CT molecular complexity index is 1480. The summed E-state index contributed by atoms with van der Waals surface area (Å²) in [7, 11) is 0. The van der Waals surface area contributed by atoms with Crippen LogP contribution in [-0.4, -0.2) is 108 Å². The van der Waals surface area contributed by atoms with Gasteiger partial charge in [-0.05, 0) is 35.1 Å². The zero-order valence-corrected chi connectivity index (χ0v) is 25.8. The molecule has 2 bridgehead atoms. The van der Waals surface area contributed by atoms with Crippen LogP contribution < -0.4 is 15.7 Å². The standard InChI is InChI=1S/C34H46N5O4/c1-22-27(32(34(42)43)37-31(22)29(23(2)40)33(37)41)21-36-20-25-9-8-24(26-6-5-7-28(36)30(25)26)10-13-39-17-14-38(15-18-39,16-19-39)12-4-3-11-35/h5-9,22-23,29,31,40H,3-4,10-21,35H2,1-2H3/q+1/p+1/t22-,23?,29?,31?,38?,39?/m0/s1. The van der Waals surface area contributed by atoms with Crippen molar-refractivity contribution in [3.05, 3.63) is 52.7 Å². The molecule has 9 heteroatoms. The zero-order valence-electron chi connectivity index (χ0n) is 25.8. The van der Waals surface area contributed by atoms with Gasteiger partial charge in [-0.15, -0.1) is 0 Å². The fourth-order valence-electron chi connectivity index (χ4n) is 9.21. The van der Waals surface area contributed by atoms with E-state index in [1.54, 1.807) is 6.92 Å². The van der Waals surface area contributed by atoms with Gasteiger partial charge in [0, 0.05) is 49.3 Å². The maximum atomic E-state index is 12.8. The lowest BCUT2D eigenvalue weighted by molar-refractivity contribution is -1.08. The Morgan fingerprint density at radius 2 is 1.77 bits per heavy atom. The summed E-state index contributed by atoms with van der Waals surface area (Å²) in [6.45, 7) is 16.1. The Labute approximate surface area is 254 Å². The van der Waals surface area contributed by atoms with E-state index in [1.165, 1.54) is 101 Å². The van der Waals surface area contributed by atoms with Crippen LogP contribution in [0.1, 0.15) is 37.8 Å². The first-order chi connectivity index (χ1) is 20.7. The molecule has 0 aliphatic carbocycles. The normalized spacial score (nSPS) is 31.6. The molecule has 4 saturated heterocycles. The van der Waals surface area contributed by atoms with E-state index in [1.807, 2.05) is 6.92 Å². The highest BCUT2D eigenvalue weighted by atomic mass is 16.4. The van der Waals surface area contributed by atoms with Gasteiger partial charge < -0.3 is 39.5 Å². The molecule has 2 aromatic carbocycles. The number of anilines is 1. The first-order valence-corrected chi connectivity index (χ1v) is 16.4. The smallest absolute Gasteiger partial charge is 0.235 e. The van der Waals surface area contributed by atoms with Gasteiger partial charge in [-0.2, -0.15) is 0 Å². The van der Waals surface area contributed by atoms with E-state index < -0.39 is 18.0 Å².